The first-order valence-corrected chi connectivity index (χ1v) is 4.12. The van der Waals surface area contributed by atoms with Gasteiger partial charge in [-0.05, 0) is 6.92 Å². The highest BCUT2D eigenvalue weighted by molar-refractivity contribution is 7.48. The number of hydrogen-bond donors (Lipinski definition) is 0. The maximum atomic E-state index is 10.9. The highest BCUT2D eigenvalue weighted by Gasteiger charge is 2.31. The zero-order chi connectivity index (χ0) is 6.74. The second-order valence-corrected chi connectivity index (χ2v) is 3.05. The van der Waals surface area contributed by atoms with E-state index in [1.165, 1.54) is 6.61 Å². The van der Waals surface area contributed by atoms with Crippen molar-refractivity contribution in [1.29, 1.82) is 0 Å². The molecule has 4 nitrogen and oxygen atoms in total. The molecule has 10 heavy (non-hydrogen) atoms. The van der Waals surface area contributed by atoms with E-state index >= 15 is 0 Å². The van der Waals surface area contributed by atoms with E-state index in [2.05, 4.69) is 13.6 Å². The van der Waals surface area contributed by atoms with E-state index in [9.17, 15) is 4.57 Å². The molecule has 1 saturated heterocycles. The molecule has 0 aliphatic carbocycles. The number of phosphoric ester groups is 1. The smallest absolute Gasteiger partial charge is 0.287 e. The minimum atomic E-state index is -3.13. The Balaban J connectivity index is 0.000000810. The monoisotopic (exact) mass is 187 g/mol. The summed E-state index contributed by atoms with van der Waals surface area (Å²) in [6, 6.07) is 0. The van der Waals surface area contributed by atoms with Gasteiger partial charge in [-0.3, -0.25) is 13.6 Å². The standard InChI is InChI=1S/C4H8O4P.ClH/c1-2-6-9(5)7-3-4-8-9;/h3H,2,4H2,1H3;1H. The van der Waals surface area contributed by atoms with Crippen molar-refractivity contribution in [2.45, 2.75) is 6.92 Å². The molecule has 0 spiro atoms. The molecule has 0 N–H and O–H groups in total. The maximum Gasteiger partial charge on any atom is 0.475 e. The number of halogens is 1. The Labute approximate surface area is 65.9 Å². The van der Waals surface area contributed by atoms with E-state index in [0.29, 0.717) is 6.61 Å². The van der Waals surface area contributed by atoms with Crippen LogP contribution >= 0.6 is 20.2 Å². The third-order valence-corrected chi connectivity index (χ3v) is 2.24. The fourth-order valence-corrected chi connectivity index (χ4v) is 1.50. The van der Waals surface area contributed by atoms with Gasteiger partial charge in [-0.1, -0.05) is 0 Å². The third-order valence-electron chi connectivity index (χ3n) is 0.792. The maximum absolute atomic E-state index is 10.9. The molecule has 1 unspecified atom stereocenters. The molecule has 0 aromatic carbocycles. The molecule has 0 aromatic heterocycles. The summed E-state index contributed by atoms with van der Waals surface area (Å²) >= 11 is 0. The van der Waals surface area contributed by atoms with Crippen molar-refractivity contribution in [3.63, 3.8) is 0 Å². The second-order valence-electron chi connectivity index (χ2n) is 1.43. The predicted molar refractivity (Wildman–Crippen MR) is 37.8 cm³/mol. The molecule has 1 aliphatic heterocycles. The average molecular weight is 188 g/mol. The summed E-state index contributed by atoms with van der Waals surface area (Å²) in [7, 11) is -3.13. The van der Waals surface area contributed by atoms with Crippen LogP contribution in [0.4, 0.5) is 0 Å². The zero-order valence-electron chi connectivity index (χ0n) is 5.48. The van der Waals surface area contributed by atoms with Crippen LogP contribution in [-0.2, 0) is 18.1 Å². The van der Waals surface area contributed by atoms with Crippen LogP contribution in [0.3, 0.4) is 0 Å². The summed E-state index contributed by atoms with van der Waals surface area (Å²) in [5, 5.41) is 0. The summed E-state index contributed by atoms with van der Waals surface area (Å²) in [6.45, 7) is 3.64. The number of phosphoric acid groups is 1. The van der Waals surface area contributed by atoms with Gasteiger partial charge in [0, 0.05) is 0 Å². The Hall–Kier alpha value is 0.400. The van der Waals surface area contributed by atoms with Crippen LogP contribution in [0.25, 0.3) is 0 Å². The van der Waals surface area contributed by atoms with Crippen LogP contribution in [0.5, 0.6) is 0 Å². The second kappa shape index (κ2) is 4.31. The predicted octanol–water partition coefficient (Wildman–Crippen LogP) is 1.76. The van der Waals surface area contributed by atoms with Crippen LogP contribution in [0.15, 0.2) is 0 Å². The lowest BCUT2D eigenvalue weighted by molar-refractivity contribution is 0.203. The van der Waals surface area contributed by atoms with Gasteiger partial charge in [0.25, 0.3) is 0 Å². The van der Waals surface area contributed by atoms with Crippen LogP contribution in [0.2, 0.25) is 0 Å². The van der Waals surface area contributed by atoms with Gasteiger partial charge in [0.15, 0.2) is 0 Å². The summed E-state index contributed by atoms with van der Waals surface area (Å²) < 4.78 is 24.8. The lowest BCUT2D eigenvalue weighted by Crippen LogP contribution is -1.87. The quantitative estimate of drug-likeness (QED) is 0.618. The van der Waals surface area contributed by atoms with Gasteiger partial charge < -0.3 is 0 Å². The molecule has 1 atom stereocenters. The molecule has 61 valence electrons. The van der Waals surface area contributed by atoms with Crippen molar-refractivity contribution in [2.24, 2.45) is 0 Å². The molecule has 1 fully saturated rings. The fraction of sp³-hybridized carbons (Fsp3) is 0.750. The van der Waals surface area contributed by atoms with Crippen LogP contribution < -0.4 is 0 Å². The largest absolute Gasteiger partial charge is 0.475 e. The Morgan fingerprint density at radius 2 is 2.50 bits per heavy atom. The van der Waals surface area contributed by atoms with Crippen molar-refractivity contribution in [2.75, 3.05) is 13.2 Å². The van der Waals surface area contributed by atoms with Gasteiger partial charge in [0.05, 0.1) is 13.2 Å². The van der Waals surface area contributed by atoms with Crippen molar-refractivity contribution < 1.29 is 18.1 Å². The molecule has 1 heterocycles. The molecule has 0 bridgehead atoms. The molecule has 0 aromatic rings. The Bertz CT molecular complexity index is 129. The van der Waals surface area contributed by atoms with Gasteiger partial charge in [0.2, 0.25) is 0 Å². The molecule has 0 saturated carbocycles. The molecular weight excluding hydrogens is 178 g/mol. The zero-order valence-corrected chi connectivity index (χ0v) is 7.19. The molecule has 6 heteroatoms. The van der Waals surface area contributed by atoms with Gasteiger partial charge in [-0.2, -0.15) is 0 Å². The Kier molecular flexibility index (Phi) is 4.49. The SMILES string of the molecule is CCOP1(=O)O[CH]CO1.Cl. The molecular formula is C4H9ClO4P. The molecule has 1 radical (unpaired) electrons. The normalized spacial score (nSPS) is 22.1. The number of hydrogen-bond acceptors (Lipinski definition) is 4. The van der Waals surface area contributed by atoms with Gasteiger partial charge in [-0.15, -0.1) is 12.4 Å². The first-order valence-electron chi connectivity index (χ1n) is 2.66. The Morgan fingerprint density at radius 3 is 2.90 bits per heavy atom. The number of rotatable bonds is 2. The Morgan fingerprint density at radius 1 is 1.80 bits per heavy atom. The van der Waals surface area contributed by atoms with Crippen LogP contribution in [-0.4, -0.2) is 13.2 Å². The van der Waals surface area contributed by atoms with E-state index in [-0.39, 0.29) is 19.0 Å². The van der Waals surface area contributed by atoms with Crippen molar-refractivity contribution in [3.8, 4) is 0 Å². The molecule has 1 aliphatic rings. The third kappa shape index (κ3) is 2.56. The fourth-order valence-electron chi connectivity index (χ4n) is 0.500. The lowest BCUT2D eigenvalue weighted by atomic mass is 10.8. The van der Waals surface area contributed by atoms with Crippen LogP contribution in [0.1, 0.15) is 6.92 Å². The highest BCUT2D eigenvalue weighted by Crippen LogP contribution is 2.53. The van der Waals surface area contributed by atoms with E-state index in [1.54, 1.807) is 6.92 Å². The molecule has 1 rings (SSSR count). The van der Waals surface area contributed by atoms with E-state index in [0.717, 1.165) is 0 Å². The van der Waals surface area contributed by atoms with Gasteiger partial charge in [0.1, 0.15) is 6.61 Å². The topological polar surface area (TPSA) is 44.8 Å². The lowest BCUT2D eigenvalue weighted by Gasteiger charge is -2.05. The minimum Gasteiger partial charge on any atom is -0.287 e. The summed E-state index contributed by atoms with van der Waals surface area (Å²) in [6.07, 6.45) is 0. The van der Waals surface area contributed by atoms with E-state index < -0.39 is 7.82 Å². The van der Waals surface area contributed by atoms with Gasteiger partial charge in [-0.25, -0.2) is 4.57 Å². The van der Waals surface area contributed by atoms with E-state index in [4.69, 9.17) is 0 Å². The average Bonchev–Trinajstić information content (AvgIpc) is 2.16. The van der Waals surface area contributed by atoms with E-state index in [1.807, 2.05) is 0 Å². The van der Waals surface area contributed by atoms with Crippen molar-refractivity contribution >= 4 is 20.2 Å². The first kappa shape index (κ1) is 10.4. The van der Waals surface area contributed by atoms with Crippen molar-refractivity contribution in [1.82, 2.24) is 0 Å². The first-order chi connectivity index (χ1) is 4.27. The highest BCUT2D eigenvalue weighted by atomic mass is 35.5. The minimum absolute atomic E-state index is 0. The summed E-state index contributed by atoms with van der Waals surface area (Å²) in [5.74, 6) is 0. The van der Waals surface area contributed by atoms with Crippen LogP contribution in [0, 0.1) is 6.61 Å². The van der Waals surface area contributed by atoms with Gasteiger partial charge >= 0.3 is 7.82 Å². The molecule has 0 amide bonds. The summed E-state index contributed by atoms with van der Waals surface area (Å²) in [5.41, 5.74) is 0. The summed E-state index contributed by atoms with van der Waals surface area (Å²) in [4.78, 5) is 0. The van der Waals surface area contributed by atoms with Crippen molar-refractivity contribution in [3.05, 3.63) is 6.61 Å².